The van der Waals surface area contributed by atoms with Crippen molar-refractivity contribution in [2.24, 2.45) is 0 Å². The third-order valence-electron chi connectivity index (χ3n) is 9.56. The van der Waals surface area contributed by atoms with Gasteiger partial charge in [0.25, 0.3) is 0 Å². The van der Waals surface area contributed by atoms with E-state index in [1.54, 1.807) is 4.90 Å². The maximum absolute atomic E-state index is 9.45. The van der Waals surface area contributed by atoms with Crippen LogP contribution < -0.4 is 4.90 Å². The summed E-state index contributed by atoms with van der Waals surface area (Å²) >= 11 is 0. The zero-order valence-corrected chi connectivity index (χ0v) is 26.7. The molecule has 0 spiro atoms. The number of para-hydroxylation sites is 1. The fraction of sp³-hybridized carbons (Fsp3) is 0. The highest BCUT2D eigenvalue weighted by Gasteiger charge is 2.22. The first kappa shape index (κ1) is 22.1. The predicted molar refractivity (Wildman–Crippen MR) is 212 cm³/mol. The molecule has 0 saturated carbocycles. The van der Waals surface area contributed by atoms with Crippen LogP contribution in [0.3, 0.4) is 0 Å². The second-order valence-electron chi connectivity index (χ2n) is 12.3. The fourth-order valence-corrected chi connectivity index (χ4v) is 7.30. The number of hydrogen-bond donors (Lipinski definition) is 0. The second kappa shape index (κ2) is 11.5. The minimum absolute atomic E-state index is 0.00151. The number of furan rings is 1. The largest absolute Gasteiger partial charge is 0.455 e. The third-order valence-corrected chi connectivity index (χ3v) is 9.56. The standard InChI is InChI=1S/C48H31NO/c1-4-17-37-32(12-1)15-9-21-38(37)35-26-29-36(30-27-35)49(44-24-10-16-33-13-2-5-18-39(33)44)45-23-8-7-20-41(45)42-22-11-25-46-47(42)43-31-28-34-14-3-6-19-40(34)48(43)50-46/h1-31H/i2D,5D,10D,13D,16D,18D,24D. The molecule has 0 unspecified atom stereocenters. The molecule has 0 bridgehead atoms. The summed E-state index contributed by atoms with van der Waals surface area (Å²) in [7, 11) is 0. The van der Waals surface area contributed by atoms with E-state index in [2.05, 4.69) is 48.5 Å². The third kappa shape index (κ3) is 4.50. The topological polar surface area (TPSA) is 16.4 Å². The molecule has 1 aromatic heterocycles. The monoisotopic (exact) mass is 644 g/mol. The summed E-state index contributed by atoms with van der Waals surface area (Å²) < 4.78 is 69.1. The first-order valence-electron chi connectivity index (χ1n) is 20.0. The zero-order chi connectivity index (χ0) is 39.1. The van der Waals surface area contributed by atoms with Gasteiger partial charge in [0.1, 0.15) is 11.2 Å². The van der Waals surface area contributed by atoms with E-state index < -0.39 is 30.2 Å². The minimum atomic E-state index is -0.499. The van der Waals surface area contributed by atoms with Gasteiger partial charge >= 0.3 is 0 Å². The highest BCUT2D eigenvalue weighted by Crippen LogP contribution is 2.47. The molecule has 0 atom stereocenters. The Hall–Kier alpha value is -6.64. The Morgan fingerprint density at radius 1 is 0.420 bits per heavy atom. The van der Waals surface area contributed by atoms with Crippen LogP contribution in [0.2, 0.25) is 0 Å². The van der Waals surface area contributed by atoms with Crippen LogP contribution in [0.4, 0.5) is 17.1 Å². The van der Waals surface area contributed by atoms with Crippen molar-refractivity contribution in [3.05, 3.63) is 188 Å². The summed E-state index contributed by atoms with van der Waals surface area (Å²) in [5.41, 5.74) is 6.40. The van der Waals surface area contributed by atoms with Crippen LogP contribution >= 0.6 is 0 Å². The number of hydrogen-bond acceptors (Lipinski definition) is 2. The minimum Gasteiger partial charge on any atom is -0.455 e. The Kier molecular flexibility index (Phi) is 5.08. The molecule has 234 valence electrons. The van der Waals surface area contributed by atoms with Crippen molar-refractivity contribution in [3.8, 4) is 22.3 Å². The number of anilines is 3. The maximum atomic E-state index is 9.45. The fourth-order valence-electron chi connectivity index (χ4n) is 7.30. The number of rotatable bonds is 5. The van der Waals surface area contributed by atoms with Crippen molar-refractivity contribution >= 4 is 71.3 Å². The molecule has 0 saturated heterocycles. The lowest BCUT2D eigenvalue weighted by Crippen LogP contribution is -2.11. The summed E-state index contributed by atoms with van der Waals surface area (Å²) in [6.45, 7) is 0. The first-order chi connectivity index (χ1) is 27.7. The summed E-state index contributed by atoms with van der Waals surface area (Å²) in [6.07, 6.45) is 0. The lowest BCUT2D eigenvalue weighted by Gasteiger charge is -2.29. The Morgan fingerprint density at radius 3 is 2.00 bits per heavy atom. The summed E-state index contributed by atoms with van der Waals surface area (Å²) in [5, 5.41) is 6.00. The highest BCUT2D eigenvalue weighted by atomic mass is 16.3. The molecule has 0 N–H and O–H groups in total. The normalized spacial score (nSPS) is 13.6. The zero-order valence-electron chi connectivity index (χ0n) is 33.7. The van der Waals surface area contributed by atoms with Crippen LogP contribution in [0, 0.1) is 0 Å². The molecule has 50 heavy (non-hydrogen) atoms. The predicted octanol–water partition coefficient (Wildman–Crippen LogP) is 13.8. The molecule has 9 aromatic carbocycles. The van der Waals surface area contributed by atoms with Gasteiger partial charge in [0.2, 0.25) is 0 Å². The summed E-state index contributed by atoms with van der Waals surface area (Å²) in [6, 6.07) is 45.2. The quantitative estimate of drug-likeness (QED) is 0.185. The average molecular weight is 645 g/mol. The maximum Gasteiger partial charge on any atom is 0.143 e. The van der Waals surface area contributed by atoms with E-state index in [0.29, 0.717) is 17.0 Å². The molecule has 10 rings (SSSR count). The Morgan fingerprint density at radius 2 is 1.10 bits per heavy atom. The van der Waals surface area contributed by atoms with E-state index >= 15 is 0 Å². The van der Waals surface area contributed by atoms with Crippen LogP contribution in [0.5, 0.6) is 0 Å². The highest BCUT2D eigenvalue weighted by molar-refractivity contribution is 6.20. The number of nitrogens with zero attached hydrogens (tertiary/aromatic N) is 1. The van der Waals surface area contributed by atoms with Gasteiger partial charge in [-0.05, 0) is 74.6 Å². The van der Waals surface area contributed by atoms with E-state index in [-0.39, 0.29) is 28.5 Å². The molecule has 10 aromatic rings. The Balaban J connectivity index is 1.28. The van der Waals surface area contributed by atoms with Crippen molar-refractivity contribution in [2.75, 3.05) is 4.90 Å². The molecule has 1 heterocycles. The molecule has 0 aliphatic rings. The van der Waals surface area contributed by atoms with Gasteiger partial charge in [0.15, 0.2) is 0 Å². The van der Waals surface area contributed by atoms with Crippen molar-refractivity contribution < 1.29 is 14.0 Å². The molecule has 0 amide bonds. The van der Waals surface area contributed by atoms with Crippen molar-refractivity contribution in [1.82, 2.24) is 0 Å². The van der Waals surface area contributed by atoms with E-state index in [1.165, 1.54) is 0 Å². The smallest absolute Gasteiger partial charge is 0.143 e. The molecular weight excluding hydrogens is 607 g/mol. The average Bonchev–Trinajstić information content (AvgIpc) is 3.65. The van der Waals surface area contributed by atoms with Crippen LogP contribution in [-0.4, -0.2) is 0 Å². The summed E-state index contributed by atoms with van der Waals surface area (Å²) in [5.74, 6) is 0. The first-order valence-corrected chi connectivity index (χ1v) is 16.5. The second-order valence-corrected chi connectivity index (χ2v) is 12.3. The van der Waals surface area contributed by atoms with Crippen molar-refractivity contribution in [1.29, 1.82) is 0 Å². The van der Waals surface area contributed by atoms with Gasteiger partial charge in [-0.2, -0.15) is 0 Å². The van der Waals surface area contributed by atoms with Crippen LogP contribution in [0.15, 0.2) is 192 Å². The van der Waals surface area contributed by atoms with E-state index in [9.17, 15) is 2.74 Å². The van der Waals surface area contributed by atoms with E-state index in [4.69, 9.17) is 11.3 Å². The van der Waals surface area contributed by atoms with Crippen molar-refractivity contribution in [3.63, 3.8) is 0 Å². The lowest BCUT2D eigenvalue weighted by molar-refractivity contribution is 0.673. The Bertz CT molecular complexity index is 3270. The molecule has 2 heteroatoms. The van der Waals surface area contributed by atoms with Gasteiger partial charge in [-0.3, -0.25) is 0 Å². The van der Waals surface area contributed by atoms with E-state index in [1.807, 2.05) is 97.1 Å². The van der Waals surface area contributed by atoms with Crippen LogP contribution in [0.1, 0.15) is 9.60 Å². The van der Waals surface area contributed by atoms with Gasteiger partial charge in [-0.25, -0.2) is 0 Å². The van der Waals surface area contributed by atoms with Gasteiger partial charge in [0.05, 0.1) is 21.0 Å². The van der Waals surface area contributed by atoms with Gasteiger partial charge < -0.3 is 9.32 Å². The van der Waals surface area contributed by atoms with E-state index in [0.717, 1.165) is 60.2 Å². The molecule has 0 aliphatic heterocycles. The van der Waals surface area contributed by atoms with Crippen LogP contribution in [-0.2, 0) is 0 Å². The SMILES string of the molecule is [2H]c1c([2H])c([2H])c2c(N(c3ccc(-c4cccc5ccccc45)cc3)c3ccccc3-c3cccc4oc5c6ccccc6ccc5c34)c([2H])c([2H])c([2H])c2c1[2H]. The molecule has 2 nitrogen and oxygen atoms in total. The molecular formula is C48H31NO. The van der Waals surface area contributed by atoms with Crippen LogP contribution in [0.25, 0.3) is 76.5 Å². The van der Waals surface area contributed by atoms with Gasteiger partial charge in [0, 0.05) is 32.8 Å². The number of benzene rings is 9. The lowest BCUT2D eigenvalue weighted by atomic mass is 9.95. The molecule has 0 radical (unpaired) electrons. The van der Waals surface area contributed by atoms with Gasteiger partial charge in [-0.1, -0.05) is 152 Å². The summed E-state index contributed by atoms with van der Waals surface area (Å²) in [4.78, 5) is 1.81. The molecule has 0 aliphatic carbocycles. The number of fused-ring (bicyclic) bond motifs is 7. The Labute approximate surface area is 299 Å². The van der Waals surface area contributed by atoms with Gasteiger partial charge in [-0.15, -0.1) is 0 Å². The van der Waals surface area contributed by atoms with Crippen molar-refractivity contribution in [2.45, 2.75) is 0 Å². The molecule has 0 fully saturated rings.